The molecule has 0 spiro atoms. The van der Waals surface area contributed by atoms with Gasteiger partial charge in [-0.25, -0.2) is 9.67 Å². The summed E-state index contributed by atoms with van der Waals surface area (Å²) in [6, 6.07) is 7.82. The molecule has 0 saturated carbocycles. The highest BCUT2D eigenvalue weighted by Gasteiger charge is 2.29. The molecule has 0 unspecified atom stereocenters. The van der Waals surface area contributed by atoms with E-state index in [-0.39, 0.29) is 0 Å². The molecule has 7 heteroatoms. The fourth-order valence-corrected chi connectivity index (χ4v) is 3.85. The van der Waals surface area contributed by atoms with E-state index in [1.807, 2.05) is 18.2 Å². The third kappa shape index (κ3) is 4.03. The molecule has 0 N–H and O–H groups in total. The number of aromatic nitrogens is 3. The second-order valence-corrected chi connectivity index (χ2v) is 7.61. The number of hydrogen-bond acceptors (Lipinski definition) is 5. The lowest BCUT2D eigenvalue weighted by Gasteiger charge is -2.30. The highest BCUT2D eigenvalue weighted by molar-refractivity contribution is 6.30. The smallest absolute Gasteiger partial charge is 0.188 e. The summed E-state index contributed by atoms with van der Waals surface area (Å²) in [7, 11) is 2.17. The van der Waals surface area contributed by atoms with Crippen LogP contribution in [0.15, 0.2) is 24.3 Å². The minimum Gasteiger partial charge on any atom is -0.485 e. The summed E-state index contributed by atoms with van der Waals surface area (Å²) in [6.07, 6.45) is 3.23. The maximum Gasteiger partial charge on any atom is 0.188 e. The molecule has 4 rings (SSSR count). The Morgan fingerprint density at radius 3 is 2.85 bits per heavy atom. The summed E-state index contributed by atoms with van der Waals surface area (Å²) in [5, 5.41) is 5.48. The number of rotatable bonds is 5. The molecule has 0 amide bonds. The fraction of sp³-hybridized carbons (Fsp3) is 0.579. The van der Waals surface area contributed by atoms with Crippen LogP contribution in [0.3, 0.4) is 0 Å². The predicted molar refractivity (Wildman–Crippen MR) is 99.8 cm³/mol. The number of halogens is 1. The van der Waals surface area contributed by atoms with Gasteiger partial charge in [-0.1, -0.05) is 17.7 Å². The van der Waals surface area contributed by atoms with Crippen molar-refractivity contribution >= 4 is 11.6 Å². The summed E-state index contributed by atoms with van der Waals surface area (Å²) in [5.41, 5.74) is 0. The summed E-state index contributed by atoms with van der Waals surface area (Å²) < 4.78 is 13.6. The molecule has 2 fully saturated rings. The van der Waals surface area contributed by atoms with Gasteiger partial charge in [0.2, 0.25) is 0 Å². The van der Waals surface area contributed by atoms with E-state index in [4.69, 9.17) is 31.2 Å². The van der Waals surface area contributed by atoms with Crippen molar-refractivity contribution in [3.05, 3.63) is 40.9 Å². The first-order valence-electron chi connectivity index (χ1n) is 9.29. The van der Waals surface area contributed by atoms with Gasteiger partial charge in [-0.05, 0) is 57.6 Å². The average molecular weight is 377 g/mol. The standard InChI is InChI=1S/C19H25ClN4O2/c1-23-8-5-16(6-9-23)24-19(14-7-10-25-12-14)21-18(22-24)13-26-17-4-2-3-15(20)11-17/h2-4,11,14,16H,5-10,12-13H2,1H3/t14-/m1/s1. The monoisotopic (exact) mass is 376 g/mol. The second-order valence-electron chi connectivity index (χ2n) is 7.17. The highest BCUT2D eigenvalue weighted by Crippen LogP contribution is 2.30. The van der Waals surface area contributed by atoms with Crippen molar-refractivity contribution in [3.8, 4) is 5.75 Å². The molecule has 0 bridgehead atoms. The molecule has 6 nitrogen and oxygen atoms in total. The van der Waals surface area contributed by atoms with Gasteiger partial charge in [0.15, 0.2) is 5.82 Å². The number of ether oxygens (including phenoxy) is 2. The van der Waals surface area contributed by atoms with E-state index in [2.05, 4.69) is 16.6 Å². The first-order valence-corrected chi connectivity index (χ1v) is 9.67. The number of likely N-dealkylation sites (tertiary alicyclic amines) is 1. The Kier molecular flexibility index (Phi) is 5.43. The maximum absolute atomic E-state index is 6.02. The normalized spacial score (nSPS) is 22.0. The largest absolute Gasteiger partial charge is 0.485 e. The lowest BCUT2D eigenvalue weighted by molar-refractivity contribution is 0.188. The van der Waals surface area contributed by atoms with Crippen LogP contribution in [0.4, 0.5) is 0 Å². The van der Waals surface area contributed by atoms with Crippen LogP contribution in [0.25, 0.3) is 0 Å². The summed E-state index contributed by atoms with van der Waals surface area (Å²) in [6.45, 7) is 4.08. The molecule has 140 valence electrons. The van der Waals surface area contributed by atoms with Gasteiger partial charge in [-0.15, -0.1) is 0 Å². The van der Waals surface area contributed by atoms with Crippen LogP contribution >= 0.6 is 11.6 Å². The third-order valence-electron chi connectivity index (χ3n) is 5.19. The number of hydrogen-bond donors (Lipinski definition) is 0. The lowest BCUT2D eigenvalue weighted by atomic mass is 10.0. The Hall–Kier alpha value is -1.63. The van der Waals surface area contributed by atoms with Gasteiger partial charge < -0.3 is 14.4 Å². The van der Waals surface area contributed by atoms with E-state index in [0.29, 0.717) is 23.6 Å². The van der Waals surface area contributed by atoms with Crippen LogP contribution < -0.4 is 4.74 Å². The Morgan fingerprint density at radius 1 is 1.27 bits per heavy atom. The zero-order valence-corrected chi connectivity index (χ0v) is 15.9. The van der Waals surface area contributed by atoms with E-state index in [9.17, 15) is 0 Å². The molecule has 1 aromatic carbocycles. The van der Waals surface area contributed by atoms with Crippen molar-refractivity contribution < 1.29 is 9.47 Å². The third-order valence-corrected chi connectivity index (χ3v) is 5.43. The average Bonchev–Trinajstić information content (AvgIpc) is 3.30. The van der Waals surface area contributed by atoms with Crippen LogP contribution in [0, 0.1) is 0 Å². The molecule has 2 saturated heterocycles. The van der Waals surface area contributed by atoms with E-state index < -0.39 is 0 Å². The van der Waals surface area contributed by atoms with Crippen molar-refractivity contribution in [2.24, 2.45) is 0 Å². The molecular weight excluding hydrogens is 352 g/mol. The predicted octanol–water partition coefficient (Wildman–Crippen LogP) is 3.28. The van der Waals surface area contributed by atoms with Crippen LogP contribution in [0.2, 0.25) is 5.02 Å². The molecule has 1 aromatic heterocycles. The van der Waals surface area contributed by atoms with E-state index in [1.54, 1.807) is 6.07 Å². The van der Waals surface area contributed by atoms with Crippen LogP contribution in [-0.4, -0.2) is 53.0 Å². The Balaban J connectivity index is 1.52. The Bertz CT molecular complexity index is 737. The molecule has 2 aromatic rings. The van der Waals surface area contributed by atoms with Crippen LogP contribution in [-0.2, 0) is 11.3 Å². The van der Waals surface area contributed by atoms with Crippen molar-refractivity contribution in [2.75, 3.05) is 33.4 Å². The van der Waals surface area contributed by atoms with E-state index in [0.717, 1.165) is 63.0 Å². The van der Waals surface area contributed by atoms with Crippen molar-refractivity contribution in [1.82, 2.24) is 19.7 Å². The quantitative estimate of drug-likeness (QED) is 0.801. The molecule has 2 aliphatic heterocycles. The number of piperidine rings is 1. The van der Waals surface area contributed by atoms with Gasteiger partial charge in [0.05, 0.1) is 12.6 Å². The zero-order chi connectivity index (χ0) is 17.9. The van der Waals surface area contributed by atoms with E-state index in [1.165, 1.54) is 0 Å². The van der Waals surface area contributed by atoms with Gasteiger partial charge in [0.1, 0.15) is 18.2 Å². The number of benzene rings is 1. The van der Waals surface area contributed by atoms with Gasteiger partial charge in [-0.2, -0.15) is 5.10 Å². The minimum atomic E-state index is 0.335. The molecule has 26 heavy (non-hydrogen) atoms. The minimum absolute atomic E-state index is 0.335. The van der Waals surface area contributed by atoms with Crippen molar-refractivity contribution in [3.63, 3.8) is 0 Å². The summed E-state index contributed by atoms with van der Waals surface area (Å²) >= 11 is 6.02. The first kappa shape index (κ1) is 17.8. The number of nitrogens with zero attached hydrogens (tertiary/aromatic N) is 4. The van der Waals surface area contributed by atoms with Crippen LogP contribution in [0.5, 0.6) is 5.75 Å². The van der Waals surface area contributed by atoms with Gasteiger partial charge in [0.25, 0.3) is 0 Å². The summed E-state index contributed by atoms with van der Waals surface area (Å²) in [5.74, 6) is 2.86. The molecule has 0 aliphatic carbocycles. The first-order chi connectivity index (χ1) is 12.7. The Labute approximate surface area is 159 Å². The van der Waals surface area contributed by atoms with Gasteiger partial charge in [-0.3, -0.25) is 0 Å². The molecule has 3 heterocycles. The molecular formula is C19H25ClN4O2. The lowest BCUT2D eigenvalue weighted by Crippen LogP contribution is -2.32. The summed E-state index contributed by atoms with van der Waals surface area (Å²) in [4.78, 5) is 7.19. The van der Waals surface area contributed by atoms with Gasteiger partial charge in [0, 0.05) is 17.5 Å². The van der Waals surface area contributed by atoms with Crippen LogP contribution in [0.1, 0.15) is 42.9 Å². The topological polar surface area (TPSA) is 52.4 Å². The maximum atomic E-state index is 6.02. The fourth-order valence-electron chi connectivity index (χ4n) is 3.67. The SMILES string of the molecule is CN1CCC(n2nc(COc3cccc(Cl)c3)nc2[C@@H]2CCOC2)CC1. The highest BCUT2D eigenvalue weighted by atomic mass is 35.5. The molecule has 2 aliphatic rings. The van der Waals surface area contributed by atoms with Crippen molar-refractivity contribution in [2.45, 2.75) is 37.8 Å². The Morgan fingerprint density at radius 2 is 2.12 bits per heavy atom. The van der Waals surface area contributed by atoms with Gasteiger partial charge >= 0.3 is 0 Å². The van der Waals surface area contributed by atoms with E-state index >= 15 is 0 Å². The molecule has 1 atom stereocenters. The zero-order valence-electron chi connectivity index (χ0n) is 15.1. The molecule has 0 radical (unpaired) electrons. The van der Waals surface area contributed by atoms with Crippen molar-refractivity contribution in [1.29, 1.82) is 0 Å². The second kappa shape index (κ2) is 7.94.